The number of carbonyl (C=O) groups excluding carboxylic acids is 2. The van der Waals surface area contributed by atoms with E-state index in [-0.39, 0.29) is 17.7 Å². The molecule has 1 atom stereocenters. The van der Waals surface area contributed by atoms with Gasteiger partial charge >= 0.3 is 0 Å². The molecule has 0 saturated carbocycles. The Bertz CT molecular complexity index is 705. The number of piperidine rings is 1. The number of nitrogens with two attached hydrogens (primary N) is 1. The summed E-state index contributed by atoms with van der Waals surface area (Å²) in [4.78, 5) is 29.6. The zero-order valence-electron chi connectivity index (χ0n) is 12.1. The number of hydrogen-bond donors (Lipinski definition) is 1. The maximum atomic E-state index is 12.2. The van der Waals surface area contributed by atoms with Crippen molar-refractivity contribution in [2.45, 2.75) is 12.8 Å². The van der Waals surface area contributed by atoms with E-state index in [0.29, 0.717) is 13.1 Å². The van der Waals surface area contributed by atoms with Crippen molar-refractivity contribution in [1.29, 1.82) is 0 Å². The molecule has 1 aromatic carbocycles. The number of hydrogen-bond acceptors (Lipinski definition) is 4. The number of likely N-dealkylation sites (tertiary alicyclic amines) is 1. The molecule has 5 nitrogen and oxygen atoms in total. The van der Waals surface area contributed by atoms with Crippen LogP contribution in [0, 0.1) is 5.92 Å². The third-order valence-corrected chi connectivity index (χ3v) is 4.82. The molecule has 6 heteroatoms. The molecule has 2 N–H and O–H groups in total. The van der Waals surface area contributed by atoms with Crippen LogP contribution in [0.15, 0.2) is 30.3 Å². The predicted molar refractivity (Wildman–Crippen MR) is 87.2 cm³/mol. The monoisotopic (exact) mass is 315 g/mol. The van der Waals surface area contributed by atoms with Gasteiger partial charge in [0, 0.05) is 19.2 Å². The maximum Gasteiger partial charge on any atom is 0.246 e. The van der Waals surface area contributed by atoms with Crippen molar-refractivity contribution < 1.29 is 9.59 Å². The number of nitrogens with zero attached hydrogens (tertiary/aromatic N) is 2. The number of aromatic nitrogens is 1. The average Bonchev–Trinajstić information content (AvgIpc) is 2.95. The first-order valence-corrected chi connectivity index (χ1v) is 8.07. The highest BCUT2D eigenvalue weighted by atomic mass is 32.1. The molecule has 3 rings (SSSR count). The van der Waals surface area contributed by atoms with Crippen molar-refractivity contribution in [3.63, 3.8) is 0 Å². The zero-order valence-corrected chi connectivity index (χ0v) is 12.9. The van der Waals surface area contributed by atoms with Crippen LogP contribution in [0.4, 0.5) is 0 Å². The van der Waals surface area contributed by atoms with Gasteiger partial charge in [-0.1, -0.05) is 12.1 Å². The fourth-order valence-electron chi connectivity index (χ4n) is 2.62. The van der Waals surface area contributed by atoms with E-state index in [0.717, 1.165) is 28.1 Å². The second-order valence-electron chi connectivity index (χ2n) is 5.38. The van der Waals surface area contributed by atoms with Gasteiger partial charge in [0.1, 0.15) is 5.01 Å². The number of fused-ring (bicyclic) bond motifs is 1. The van der Waals surface area contributed by atoms with Gasteiger partial charge < -0.3 is 10.6 Å². The Balaban J connectivity index is 1.69. The third kappa shape index (κ3) is 3.17. The van der Waals surface area contributed by atoms with E-state index in [1.807, 2.05) is 24.3 Å². The van der Waals surface area contributed by atoms with Crippen molar-refractivity contribution in [3.8, 4) is 0 Å². The molecule has 1 aliphatic rings. The quantitative estimate of drug-likeness (QED) is 0.881. The SMILES string of the molecule is NC(=O)[C@H]1CCCN(C(=O)/C=C/c2nc3ccccc3s2)C1. The second-order valence-corrected chi connectivity index (χ2v) is 6.44. The number of rotatable bonds is 3. The molecule has 0 aliphatic carbocycles. The van der Waals surface area contributed by atoms with E-state index in [1.165, 1.54) is 6.08 Å². The highest BCUT2D eigenvalue weighted by Crippen LogP contribution is 2.22. The Morgan fingerprint density at radius 1 is 1.36 bits per heavy atom. The molecule has 114 valence electrons. The summed E-state index contributed by atoms with van der Waals surface area (Å²) in [6.07, 6.45) is 4.84. The topological polar surface area (TPSA) is 76.3 Å². The molecule has 1 fully saturated rings. The van der Waals surface area contributed by atoms with Crippen LogP contribution in [0.1, 0.15) is 17.8 Å². The first kappa shape index (κ1) is 14.7. The summed E-state index contributed by atoms with van der Waals surface area (Å²) in [6, 6.07) is 7.87. The Labute approximate surface area is 132 Å². The molecular formula is C16H17N3O2S. The zero-order chi connectivity index (χ0) is 15.5. The minimum absolute atomic E-state index is 0.0924. The largest absolute Gasteiger partial charge is 0.369 e. The van der Waals surface area contributed by atoms with Crippen LogP contribution in [-0.2, 0) is 9.59 Å². The Morgan fingerprint density at radius 3 is 2.95 bits per heavy atom. The first-order valence-electron chi connectivity index (χ1n) is 7.25. The molecule has 1 saturated heterocycles. The van der Waals surface area contributed by atoms with E-state index in [9.17, 15) is 9.59 Å². The molecule has 1 aliphatic heterocycles. The lowest BCUT2D eigenvalue weighted by atomic mass is 9.97. The van der Waals surface area contributed by atoms with Crippen LogP contribution in [0.25, 0.3) is 16.3 Å². The summed E-state index contributed by atoms with van der Waals surface area (Å²) in [6.45, 7) is 1.09. The van der Waals surface area contributed by atoms with E-state index >= 15 is 0 Å². The Hall–Kier alpha value is -2.21. The molecule has 2 heterocycles. The Morgan fingerprint density at radius 2 is 2.18 bits per heavy atom. The van der Waals surface area contributed by atoms with Crippen LogP contribution in [-0.4, -0.2) is 34.8 Å². The lowest BCUT2D eigenvalue weighted by Crippen LogP contribution is -2.43. The number of thiazole rings is 1. The van der Waals surface area contributed by atoms with E-state index in [4.69, 9.17) is 5.73 Å². The maximum absolute atomic E-state index is 12.2. The van der Waals surface area contributed by atoms with Crippen molar-refractivity contribution >= 4 is 39.4 Å². The lowest BCUT2D eigenvalue weighted by molar-refractivity contribution is -0.130. The summed E-state index contributed by atoms with van der Waals surface area (Å²) in [5, 5.41) is 0.804. The predicted octanol–water partition coefficient (Wildman–Crippen LogP) is 2.03. The smallest absolute Gasteiger partial charge is 0.246 e. The standard InChI is InChI=1S/C16H17N3O2S/c17-16(21)11-4-3-9-19(10-11)15(20)8-7-14-18-12-5-1-2-6-13(12)22-14/h1-2,5-8,11H,3-4,9-10H2,(H2,17,21)/b8-7+/t11-/m0/s1. The molecule has 0 spiro atoms. The van der Waals surface area contributed by atoms with Gasteiger partial charge in [-0.2, -0.15) is 0 Å². The van der Waals surface area contributed by atoms with Crippen molar-refractivity contribution in [2.24, 2.45) is 11.7 Å². The molecule has 2 aromatic rings. The van der Waals surface area contributed by atoms with Gasteiger partial charge in [0.05, 0.1) is 16.1 Å². The van der Waals surface area contributed by atoms with Crippen LogP contribution < -0.4 is 5.73 Å². The van der Waals surface area contributed by atoms with Gasteiger partial charge in [0.2, 0.25) is 11.8 Å². The summed E-state index contributed by atoms with van der Waals surface area (Å²) in [5.74, 6) is -0.647. The summed E-state index contributed by atoms with van der Waals surface area (Å²) in [5.41, 5.74) is 6.27. The third-order valence-electron chi connectivity index (χ3n) is 3.81. The average molecular weight is 315 g/mol. The van der Waals surface area contributed by atoms with Crippen molar-refractivity contribution in [3.05, 3.63) is 35.3 Å². The highest BCUT2D eigenvalue weighted by Gasteiger charge is 2.25. The number of primary amides is 1. The van der Waals surface area contributed by atoms with Crippen LogP contribution in [0.3, 0.4) is 0 Å². The minimum Gasteiger partial charge on any atom is -0.369 e. The summed E-state index contributed by atoms with van der Waals surface area (Å²) < 4.78 is 1.10. The molecule has 22 heavy (non-hydrogen) atoms. The molecule has 0 bridgehead atoms. The first-order chi connectivity index (χ1) is 10.6. The molecule has 1 aromatic heterocycles. The number of carbonyl (C=O) groups is 2. The number of para-hydroxylation sites is 1. The van der Waals surface area contributed by atoms with Crippen LogP contribution in [0.2, 0.25) is 0 Å². The van der Waals surface area contributed by atoms with Crippen molar-refractivity contribution in [1.82, 2.24) is 9.88 Å². The minimum atomic E-state index is -0.326. The highest BCUT2D eigenvalue weighted by molar-refractivity contribution is 7.19. The molecule has 2 amide bonds. The van der Waals surface area contributed by atoms with E-state index < -0.39 is 0 Å². The fraction of sp³-hybridized carbons (Fsp3) is 0.312. The molecule has 0 radical (unpaired) electrons. The second kappa shape index (κ2) is 6.27. The summed E-state index contributed by atoms with van der Waals surface area (Å²) >= 11 is 1.55. The lowest BCUT2D eigenvalue weighted by Gasteiger charge is -2.30. The van der Waals surface area contributed by atoms with Crippen LogP contribution in [0.5, 0.6) is 0 Å². The normalized spacial score (nSPS) is 18.9. The molecule has 0 unspecified atom stereocenters. The van der Waals surface area contributed by atoms with E-state index in [1.54, 1.807) is 22.3 Å². The fourth-order valence-corrected chi connectivity index (χ4v) is 3.49. The van der Waals surface area contributed by atoms with Gasteiger partial charge in [-0.05, 0) is 31.1 Å². The van der Waals surface area contributed by atoms with Gasteiger partial charge in [-0.3, -0.25) is 9.59 Å². The number of benzene rings is 1. The van der Waals surface area contributed by atoms with Gasteiger partial charge in [-0.25, -0.2) is 4.98 Å². The van der Waals surface area contributed by atoms with Gasteiger partial charge in [0.15, 0.2) is 0 Å². The number of amides is 2. The van der Waals surface area contributed by atoms with E-state index in [2.05, 4.69) is 4.98 Å². The van der Waals surface area contributed by atoms with Crippen molar-refractivity contribution in [2.75, 3.05) is 13.1 Å². The van der Waals surface area contributed by atoms with Gasteiger partial charge in [-0.15, -0.1) is 11.3 Å². The van der Waals surface area contributed by atoms with Gasteiger partial charge in [0.25, 0.3) is 0 Å². The molecular weight excluding hydrogens is 298 g/mol. The van der Waals surface area contributed by atoms with Crippen LogP contribution >= 0.6 is 11.3 Å². The summed E-state index contributed by atoms with van der Waals surface area (Å²) in [7, 11) is 0. The Kier molecular flexibility index (Phi) is 4.20.